The summed E-state index contributed by atoms with van der Waals surface area (Å²) in [5.41, 5.74) is 1.15. The van der Waals surface area contributed by atoms with E-state index in [4.69, 9.17) is 11.6 Å². The van der Waals surface area contributed by atoms with Gasteiger partial charge in [0.25, 0.3) is 5.91 Å². The fourth-order valence-corrected chi connectivity index (χ4v) is 2.73. The molecule has 22 heavy (non-hydrogen) atoms. The molecule has 0 fully saturated rings. The molecule has 0 aliphatic heterocycles. The molecule has 3 rings (SSSR count). The summed E-state index contributed by atoms with van der Waals surface area (Å²) in [5, 5.41) is 11.5. The van der Waals surface area contributed by atoms with E-state index in [-0.39, 0.29) is 11.9 Å². The van der Waals surface area contributed by atoms with Crippen LogP contribution in [0.2, 0.25) is 5.02 Å². The normalized spacial score (nSPS) is 12.3. The van der Waals surface area contributed by atoms with E-state index in [0.29, 0.717) is 16.4 Å². The van der Waals surface area contributed by atoms with Gasteiger partial charge in [-0.25, -0.2) is 0 Å². The highest BCUT2D eigenvalue weighted by Crippen LogP contribution is 2.22. The number of rotatable bonds is 3. The van der Waals surface area contributed by atoms with E-state index in [9.17, 15) is 4.79 Å². The molecule has 0 aliphatic carbocycles. The zero-order valence-corrected chi connectivity index (χ0v) is 14.0. The van der Waals surface area contributed by atoms with Crippen molar-refractivity contribution in [2.75, 3.05) is 0 Å². The van der Waals surface area contributed by atoms with Gasteiger partial charge in [-0.3, -0.25) is 9.20 Å². The van der Waals surface area contributed by atoms with E-state index < -0.39 is 0 Å². The third kappa shape index (κ3) is 2.84. The van der Waals surface area contributed by atoms with E-state index in [0.717, 1.165) is 10.1 Å². The highest BCUT2D eigenvalue weighted by molar-refractivity contribution is 9.10. The molecule has 0 spiro atoms. The van der Waals surface area contributed by atoms with Crippen molar-refractivity contribution < 1.29 is 4.79 Å². The number of halogens is 2. The van der Waals surface area contributed by atoms with Gasteiger partial charge >= 0.3 is 0 Å². The molecule has 2 heterocycles. The number of nitrogens with one attached hydrogen (secondary N) is 1. The van der Waals surface area contributed by atoms with Crippen LogP contribution >= 0.6 is 27.5 Å². The van der Waals surface area contributed by atoms with Crippen molar-refractivity contribution in [1.29, 1.82) is 0 Å². The Morgan fingerprint density at radius 2 is 2.14 bits per heavy atom. The number of benzene rings is 1. The minimum atomic E-state index is -0.306. The Balaban J connectivity index is 1.86. The van der Waals surface area contributed by atoms with E-state index in [1.54, 1.807) is 18.2 Å². The molecule has 5 nitrogen and oxygen atoms in total. The molecule has 1 amide bonds. The quantitative estimate of drug-likeness (QED) is 0.756. The second-order valence-electron chi connectivity index (χ2n) is 4.81. The first-order chi connectivity index (χ1) is 10.6. The molecule has 0 saturated heterocycles. The number of hydrogen-bond donors (Lipinski definition) is 1. The summed E-state index contributed by atoms with van der Waals surface area (Å²) in [5.74, 6) is 0.404. The highest BCUT2D eigenvalue weighted by Gasteiger charge is 2.18. The third-order valence-corrected chi connectivity index (χ3v) is 4.07. The molecule has 7 heteroatoms. The summed E-state index contributed by atoms with van der Waals surface area (Å²) >= 11 is 9.42. The number of pyridine rings is 1. The van der Waals surface area contributed by atoms with Crippen LogP contribution < -0.4 is 5.32 Å². The number of fused-ring (bicyclic) bond motifs is 1. The predicted octanol–water partition coefficient (Wildman–Crippen LogP) is 3.64. The average molecular weight is 380 g/mol. The monoisotopic (exact) mass is 378 g/mol. The SMILES string of the molecule is CC(NC(=O)c1cc(Br)ccc1Cl)c1nnc2ccccn12. The molecule has 3 aromatic rings. The largest absolute Gasteiger partial charge is 0.342 e. The third-order valence-electron chi connectivity index (χ3n) is 3.25. The second kappa shape index (κ2) is 6.06. The van der Waals surface area contributed by atoms with Gasteiger partial charge in [0.15, 0.2) is 11.5 Å². The van der Waals surface area contributed by atoms with Crippen molar-refractivity contribution in [3.8, 4) is 0 Å². The first-order valence-corrected chi connectivity index (χ1v) is 7.79. The summed E-state index contributed by atoms with van der Waals surface area (Å²) in [7, 11) is 0. The van der Waals surface area contributed by atoms with Crippen molar-refractivity contribution in [3.05, 3.63) is 63.5 Å². The Hall–Kier alpha value is -1.92. The second-order valence-corrected chi connectivity index (χ2v) is 6.13. The molecule has 112 valence electrons. The smallest absolute Gasteiger partial charge is 0.253 e. The molecule has 2 aromatic heterocycles. The Bertz CT molecular complexity index is 848. The molecule has 0 saturated carbocycles. The van der Waals surface area contributed by atoms with Crippen molar-refractivity contribution in [2.45, 2.75) is 13.0 Å². The molecule has 1 atom stereocenters. The molecule has 0 radical (unpaired) electrons. The van der Waals surface area contributed by atoms with Crippen LogP contribution in [0.5, 0.6) is 0 Å². The van der Waals surface area contributed by atoms with Gasteiger partial charge in [0.05, 0.1) is 16.6 Å². The van der Waals surface area contributed by atoms with Crippen LogP contribution in [0.15, 0.2) is 47.1 Å². The zero-order valence-electron chi connectivity index (χ0n) is 11.6. The number of nitrogens with zero attached hydrogens (tertiary/aromatic N) is 3. The first kappa shape index (κ1) is 15.0. The van der Waals surface area contributed by atoms with Crippen LogP contribution in [0.4, 0.5) is 0 Å². The lowest BCUT2D eigenvalue weighted by molar-refractivity contribution is 0.0938. The molecule has 1 unspecified atom stereocenters. The standard InChI is InChI=1S/C15H12BrClN4O/c1-9(14-20-19-13-4-2-3-7-21(13)14)18-15(22)11-8-10(16)5-6-12(11)17/h2-9H,1H3,(H,18,22). The van der Waals surface area contributed by atoms with Crippen LogP contribution in [-0.4, -0.2) is 20.5 Å². The Morgan fingerprint density at radius 1 is 1.32 bits per heavy atom. The molecule has 1 N–H and O–H groups in total. The van der Waals surface area contributed by atoms with Gasteiger partial charge in [0.1, 0.15) is 0 Å². The Kier molecular flexibility index (Phi) is 4.13. The number of hydrogen-bond acceptors (Lipinski definition) is 3. The number of carbonyl (C=O) groups excluding carboxylic acids is 1. The lowest BCUT2D eigenvalue weighted by Crippen LogP contribution is -2.28. The first-order valence-electron chi connectivity index (χ1n) is 6.62. The molecular weight excluding hydrogens is 368 g/mol. The van der Waals surface area contributed by atoms with Gasteiger partial charge in [-0.05, 0) is 37.3 Å². The minimum Gasteiger partial charge on any atom is -0.342 e. The van der Waals surface area contributed by atoms with Gasteiger partial charge in [0, 0.05) is 10.7 Å². The fourth-order valence-electron chi connectivity index (χ4n) is 2.17. The number of carbonyl (C=O) groups is 1. The van der Waals surface area contributed by atoms with E-state index >= 15 is 0 Å². The van der Waals surface area contributed by atoms with Gasteiger partial charge in [0.2, 0.25) is 0 Å². The van der Waals surface area contributed by atoms with Crippen molar-refractivity contribution >= 4 is 39.1 Å². The van der Waals surface area contributed by atoms with Gasteiger partial charge in [-0.15, -0.1) is 10.2 Å². The summed E-state index contributed by atoms with van der Waals surface area (Å²) in [6.45, 7) is 1.85. The van der Waals surface area contributed by atoms with Crippen LogP contribution in [0.3, 0.4) is 0 Å². The van der Waals surface area contributed by atoms with Crippen molar-refractivity contribution in [2.24, 2.45) is 0 Å². The van der Waals surface area contributed by atoms with Gasteiger partial charge < -0.3 is 5.32 Å². The summed E-state index contributed by atoms with van der Waals surface area (Å²) < 4.78 is 2.63. The maximum absolute atomic E-state index is 12.4. The lowest BCUT2D eigenvalue weighted by Gasteiger charge is -2.13. The Labute approximate surface area is 140 Å². The zero-order chi connectivity index (χ0) is 15.7. The summed E-state index contributed by atoms with van der Waals surface area (Å²) in [6, 6.07) is 10.5. The maximum atomic E-state index is 12.4. The van der Waals surface area contributed by atoms with Crippen molar-refractivity contribution in [3.63, 3.8) is 0 Å². The molecular formula is C15H12BrClN4O. The van der Waals surface area contributed by atoms with Crippen LogP contribution in [-0.2, 0) is 0 Å². The highest BCUT2D eigenvalue weighted by atomic mass is 79.9. The van der Waals surface area contributed by atoms with E-state index in [1.807, 2.05) is 35.7 Å². The summed E-state index contributed by atoms with van der Waals surface area (Å²) in [4.78, 5) is 12.4. The molecule has 0 bridgehead atoms. The van der Waals surface area contributed by atoms with Crippen LogP contribution in [0.1, 0.15) is 29.1 Å². The fraction of sp³-hybridized carbons (Fsp3) is 0.133. The lowest BCUT2D eigenvalue weighted by atomic mass is 10.2. The van der Waals surface area contributed by atoms with E-state index in [2.05, 4.69) is 31.4 Å². The van der Waals surface area contributed by atoms with Crippen LogP contribution in [0.25, 0.3) is 5.65 Å². The van der Waals surface area contributed by atoms with E-state index in [1.165, 1.54) is 0 Å². The Morgan fingerprint density at radius 3 is 2.95 bits per heavy atom. The molecule has 1 aromatic carbocycles. The van der Waals surface area contributed by atoms with Crippen LogP contribution in [0, 0.1) is 0 Å². The van der Waals surface area contributed by atoms with Gasteiger partial charge in [-0.2, -0.15) is 0 Å². The maximum Gasteiger partial charge on any atom is 0.253 e. The molecule has 0 aliphatic rings. The number of amides is 1. The van der Waals surface area contributed by atoms with Crippen molar-refractivity contribution in [1.82, 2.24) is 19.9 Å². The summed E-state index contributed by atoms with van der Waals surface area (Å²) in [6.07, 6.45) is 1.86. The average Bonchev–Trinajstić information content (AvgIpc) is 2.93. The van der Waals surface area contributed by atoms with Gasteiger partial charge in [-0.1, -0.05) is 33.6 Å². The predicted molar refractivity (Wildman–Crippen MR) is 88.0 cm³/mol. The topological polar surface area (TPSA) is 59.3 Å². The minimum absolute atomic E-state index is 0.258. The number of aromatic nitrogens is 3.